The molecule has 2 aliphatic rings. The lowest BCUT2D eigenvalue weighted by Crippen LogP contribution is -2.46. The predicted molar refractivity (Wildman–Crippen MR) is 70.1 cm³/mol. The van der Waals surface area contributed by atoms with Gasteiger partial charge in [0.25, 0.3) is 0 Å². The highest BCUT2D eigenvalue weighted by Gasteiger charge is 2.36. The molecule has 110 valence electrons. The van der Waals surface area contributed by atoms with Crippen LogP contribution < -0.4 is 0 Å². The molecule has 0 bridgehead atoms. The van der Waals surface area contributed by atoms with Crippen LogP contribution in [0.3, 0.4) is 0 Å². The van der Waals surface area contributed by atoms with Gasteiger partial charge in [-0.1, -0.05) is 13.8 Å². The highest BCUT2D eigenvalue weighted by atomic mass is 16.5. The van der Waals surface area contributed by atoms with Gasteiger partial charge in [-0.3, -0.25) is 14.8 Å². The number of ether oxygens (including phenoxy) is 2. The standard InChI is InChI=1S/C13H20N4O3/c1-8(2)11-14-12(16-15-11)10-7-17(4-6-19-10)9-3-5-20-13(9)18/h8-10H,3-7H2,1-2H3,(H,14,15,16)/t9-,10+/m1/s1. The van der Waals surface area contributed by atoms with Gasteiger partial charge in [0.15, 0.2) is 11.6 Å². The van der Waals surface area contributed by atoms with E-state index in [1.165, 1.54) is 0 Å². The molecule has 0 unspecified atom stereocenters. The van der Waals surface area contributed by atoms with Gasteiger partial charge in [-0.05, 0) is 0 Å². The van der Waals surface area contributed by atoms with Gasteiger partial charge < -0.3 is 9.47 Å². The Hall–Kier alpha value is -1.47. The molecule has 0 aliphatic carbocycles. The molecule has 0 amide bonds. The number of nitrogens with zero attached hydrogens (tertiary/aromatic N) is 3. The van der Waals surface area contributed by atoms with Crippen LogP contribution in [0.1, 0.15) is 43.9 Å². The number of H-pyrrole nitrogens is 1. The van der Waals surface area contributed by atoms with E-state index in [-0.39, 0.29) is 24.0 Å². The van der Waals surface area contributed by atoms with Crippen molar-refractivity contribution < 1.29 is 14.3 Å². The summed E-state index contributed by atoms with van der Waals surface area (Å²) in [5.74, 6) is 1.70. The van der Waals surface area contributed by atoms with Crippen molar-refractivity contribution in [3.8, 4) is 0 Å². The molecule has 7 nitrogen and oxygen atoms in total. The lowest BCUT2D eigenvalue weighted by Gasteiger charge is -2.34. The summed E-state index contributed by atoms with van der Waals surface area (Å²) in [6.07, 6.45) is 0.608. The van der Waals surface area contributed by atoms with E-state index in [4.69, 9.17) is 9.47 Å². The third kappa shape index (κ3) is 2.55. The third-order valence-corrected chi connectivity index (χ3v) is 3.79. The van der Waals surface area contributed by atoms with E-state index in [2.05, 4.69) is 33.9 Å². The van der Waals surface area contributed by atoms with E-state index >= 15 is 0 Å². The second-order valence-electron chi connectivity index (χ2n) is 5.56. The molecule has 2 aliphatic heterocycles. The van der Waals surface area contributed by atoms with Gasteiger partial charge in [-0.25, -0.2) is 4.98 Å². The molecule has 0 aromatic carbocycles. The van der Waals surface area contributed by atoms with Crippen molar-refractivity contribution in [3.05, 3.63) is 11.6 Å². The van der Waals surface area contributed by atoms with Crippen LogP contribution in [-0.2, 0) is 14.3 Å². The first kappa shape index (κ1) is 13.5. The number of aromatic nitrogens is 3. The van der Waals surface area contributed by atoms with Crippen LogP contribution in [0, 0.1) is 0 Å². The molecule has 2 saturated heterocycles. The Morgan fingerprint density at radius 2 is 2.25 bits per heavy atom. The summed E-state index contributed by atoms with van der Waals surface area (Å²) in [5.41, 5.74) is 0. The molecule has 0 spiro atoms. The molecule has 20 heavy (non-hydrogen) atoms. The van der Waals surface area contributed by atoms with E-state index in [9.17, 15) is 4.79 Å². The first-order valence-corrected chi connectivity index (χ1v) is 7.09. The molecule has 0 radical (unpaired) electrons. The molecular weight excluding hydrogens is 260 g/mol. The second-order valence-corrected chi connectivity index (χ2v) is 5.56. The summed E-state index contributed by atoms with van der Waals surface area (Å²) in [7, 11) is 0. The zero-order chi connectivity index (χ0) is 14.1. The largest absolute Gasteiger partial charge is 0.464 e. The minimum Gasteiger partial charge on any atom is -0.464 e. The first-order chi connectivity index (χ1) is 9.65. The maximum atomic E-state index is 11.7. The average Bonchev–Trinajstić information content (AvgIpc) is 3.07. The SMILES string of the molecule is CC(C)c1n[nH]c([C@@H]2CN([C@@H]3CCOC3=O)CCO2)n1. The molecule has 1 N–H and O–H groups in total. The van der Waals surface area contributed by atoms with Gasteiger partial charge in [0.05, 0.1) is 13.2 Å². The van der Waals surface area contributed by atoms with Crippen molar-refractivity contribution in [2.75, 3.05) is 26.3 Å². The summed E-state index contributed by atoms with van der Waals surface area (Å²) in [5, 5.41) is 7.15. The summed E-state index contributed by atoms with van der Waals surface area (Å²) >= 11 is 0. The van der Waals surface area contributed by atoms with Gasteiger partial charge in [0, 0.05) is 25.4 Å². The molecular formula is C13H20N4O3. The van der Waals surface area contributed by atoms with Gasteiger partial charge in [-0.15, -0.1) is 0 Å². The number of hydrogen-bond acceptors (Lipinski definition) is 6. The van der Waals surface area contributed by atoms with E-state index in [0.717, 1.165) is 24.6 Å². The molecule has 2 fully saturated rings. The topological polar surface area (TPSA) is 80.3 Å². The predicted octanol–water partition coefficient (Wildman–Crippen LogP) is 0.617. The van der Waals surface area contributed by atoms with Crippen molar-refractivity contribution in [1.82, 2.24) is 20.1 Å². The highest BCUT2D eigenvalue weighted by molar-refractivity contribution is 5.77. The number of nitrogens with one attached hydrogen (secondary N) is 1. The van der Waals surface area contributed by atoms with E-state index in [0.29, 0.717) is 19.8 Å². The zero-order valence-electron chi connectivity index (χ0n) is 11.8. The third-order valence-electron chi connectivity index (χ3n) is 3.79. The normalized spacial score (nSPS) is 28.1. The molecule has 1 aromatic rings. The van der Waals surface area contributed by atoms with E-state index in [1.54, 1.807) is 0 Å². The second kappa shape index (κ2) is 5.49. The lowest BCUT2D eigenvalue weighted by molar-refractivity contribution is -0.144. The fourth-order valence-corrected chi connectivity index (χ4v) is 2.62. The van der Waals surface area contributed by atoms with Crippen LogP contribution in [0.5, 0.6) is 0 Å². The van der Waals surface area contributed by atoms with Crippen molar-refractivity contribution in [2.45, 2.75) is 38.3 Å². The Bertz CT molecular complexity index is 488. The lowest BCUT2D eigenvalue weighted by atomic mass is 10.1. The Balaban J connectivity index is 1.69. The summed E-state index contributed by atoms with van der Waals surface area (Å²) in [6, 6.07) is -0.131. The maximum absolute atomic E-state index is 11.7. The molecule has 1 aromatic heterocycles. The monoisotopic (exact) mass is 280 g/mol. The number of carbonyl (C=O) groups excluding carboxylic acids is 1. The molecule has 3 heterocycles. The Kier molecular flexibility index (Phi) is 3.71. The van der Waals surface area contributed by atoms with Crippen LogP contribution >= 0.6 is 0 Å². The van der Waals surface area contributed by atoms with Crippen molar-refractivity contribution in [3.63, 3.8) is 0 Å². The molecule has 2 atom stereocenters. The smallest absolute Gasteiger partial charge is 0.323 e. The maximum Gasteiger partial charge on any atom is 0.323 e. The number of rotatable bonds is 3. The van der Waals surface area contributed by atoms with Gasteiger partial charge >= 0.3 is 5.97 Å². The molecule has 3 rings (SSSR count). The van der Waals surface area contributed by atoms with Gasteiger partial charge in [0.1, 0.15) is 12.1 Å². The summed E-state index contributed by atoms with van der Waals surface area (Å²) < 4.78 is 10.8. The fourth-order valence-electron chi connectivity index (χ4n) is 2.62. The van der Waals surface area contributed by atoms with E-state index in [1.807, 2.05) is 0 Å². The molecule has 7 heteroatoms. The van der Waals surface area contributed by atoms with Crippen LogP contribution in [0.2, 0.25) is 0 Å². The van der Waals surface area contributed by atoms with Crippen molar-refractivity contribution >= 4 is 5.97 Å². The first-order valence-electron chi connectivity index (χ1n) is 7.09. The summed E-state index contributed by atoms with van der Waals surface area (Å²) in [4.78, 5) is 18.3. The number of esters is 1. The number of aromatic amines is 1. The number of morpholine rings is 1. The minimum absolute atomic E-state index is 0.119. The Morgan fingerprint density at radius 1 is 1.40 bits per heavy atom. The van der Waals surface area contributed by atoms with Crippen molar-refractivity contribution in [2.24, 2.45) is 0 Å². The minimum atomic E-state index is -0.155. The van der Waals surface area contributed by atoms with Crippen LogP contribution in [0.25, 0.3) is 0 Å². The average molecular weight is 280 g/mol. The van der Waals surface area contributed by atoms with Crippen molar-refractivity contribution in [1.29, 1.82) is 0 Å². The number of cyclic esters (lactones) is 1. The zero-order valence-corrected chi connectivity index (χ0v) is 11.8. The molecule has 0 saturated carbocycles. The van der Waals surface area contributed by atoms with Crippen LogP contribution in [0.15, 0.2) is 0 Å². The van der Waals surface area contributed by atoms with Crippen LogP contribution in [-0.4, -0.2) is 58.4 Å². The summed E-state index contributed by atoms with van der Waals surface area (Å²) in [6.45, 7) is 6.61. The number of carbonyl (C=O) groups is 1. The van der Waals surface area contributed by atoms with Gasteiger partial charge in [-0.2, -0.15) is 5.10 Å². The quantitative estimate of drug-likeness (QED) is 0.817. The fraction of sp³-hybridized carbons (Fsp3) is 0.769. The Morgan fingerprint density at radius 3 is 2.90 bits per heavy atom. The Labute approximate surface area is 117 Å². The number of hydrogen-bond donors (Lipinski definition) is 1. The van der Waals surface area contributed by atoms with Crippen LogP contribution in [0.4, 0.5) is 0 Å². The van der Waals surface area contributed by atoms with E-state index < -0.39 is 0 Å². The van der Waals surface area contributed by atoms with Gasteiger partial charge in [0.2, 0.25) is 0 Å². The highest BCUT2D eigenvalue weighted by Crippen LogP contribution is 2.24.